The van der Waals surface area contributed by atoms with Crippen LogP contribution in [-0.4, -0.2) is 41.0 Å². The van der Waals surface area contributed by atoms with Crippen molar-refractivity contribution in [3.8, 4) is 0 Å². The van der Waals surface area contributed by atoms with Gasteiger partial charge >= 0.3 is 0 Å². The fourth-order valence-corrected chi connectivity index (χ4v) is 3.19. The third-order valence-electron chi connectivity index (χ3n) is 4.89. The standard InChI is InChI=1S/C17H25N3O2/c1-10(2)20-8-11(3)15(9-20)19-17(22)14-7-6-13(12-4-5-12)16(21)18-14/h6-7,10-12,15H,4-5,8-9H2,1-3H3,(H,18,21)(H,19,22)/t11-,15-/m1/s1. The molecule has 1 aromatic rings. The number of aromatic nitrogens is 1. The molecule has 1 saturated heterocycles. The molecule has 0 spiro atoms. The van der Waals surface area contributed by atoms with Crippen molar-refractivity contribution in [2.45, 2.75) is 51.6 Å². The number of hydrogen-bond acceptors (Lipinski definition) is 3. The van der Waals surface area contributed by atoms with Crippen LogP contribution in [0.5, 0.6) is 0 Å². The first-order valence-corrected chi connectivity index (χ1v) is 8.24. The molecule has 2 heterocycles. The Hall–Kier alpha value is -1.62. The van der Waals surface area contributed by atoms with Crippen molar-refractivity contribution in [3.05, 3.63) is 33.7 Å². The molecule has 0 bridgehead atoms. The normalized spacial score (nSPS) is 25.6. The van der Waals surface area contributed by atoms with Crippen molar-refractivity contribution in [1.82, 2.24) is 15.2 Å². The van der Waals surface area contributed by atoms with E-state index in [-0.39, 0.29) is 17.5 Å². The summed E-state index contributed by atoms with van der Waals surface area (Å²) in [6, 6.07) is 4.18. The van der Waals surface area contributed by atoms with E-state index in [0.717, 1.165) is 31.5 Å². The molecule has 1 aromatic heterocycles. The maximum Gasteiger partial charge on any atom is 0.268 e. The molecule has 2 aliphatic rings. The van der Waals surface area contributed by atoms with Gasteiger partial charge in [-0.15, -0.1) is 0 Å². The lowest BCUT2D eigenvalue weighted by Crippen LogP contribution is -2.41. The van der Waals surface area contributed by atoms with E-state index in [9.17, 15) is 9.59 Å². The summed E-state index contributed by atoms with van der Waals surface area (Å²) >= 11 is 0. The van der Waals surface area contributed by atoms with Crippen LogP contribution in [0.15, 0.2) is 16.9 Å². The minimum absolute atomic E-state index is 0.113. The second-order valence-corrected chi connectivity index (χ2v) is 7.04. The lowest BCUT2D eigenvalue weighted by molar-refractivity contribution is 0.0925. The van der Waals surface area contributed by atoms with Crippen LogP contribution < -0.4 is 10.9 Å². The van der Waals surface area contributed by atoms with Crippen molar-refractivity contribution < 1.29 is 4.79 Å². The minimum atomic E-state index is -0.179. The maximum absolute atomic E-state index is 12.4. The van der Waals surface area contributed by atoms with Crippen LogP contribution in [-0.2, 0) is 0 Å². The Bertz CT molecular complexity index is 619. The van der Waals surface area contributed by atoms with Crippen molar-refractivity contribution in [1.29, 1.82) is 0 Å². The third-order valence-corrected chi connectivity index (χ3v) is 4.89. The number of pyridine rings is 1. The highest BCUT2D eigenvalue weighted by Crippen LogP contribution is 2.38. The van der Waals surface area contributed by atoms with Crippen LogP contribution in [0.25, 0.3) is 0 Å². The highest BCUT2D eigenvalue weighted by molar-refractivity contribution is 5.92. The Morgan fingerprint density at radius 3 is 2.59 bits per heavy atom. The number of carbonyl (C=O) groups is 1. The Kier molecular flexibility index (Phi) is 4.08. The lowest BCUT2D eigenvalue weighted by atomic mass is 10.1. The van der Waals surface area contributed by atoms with Gasteiger partial charge in [-0.05, 0) is 44.6 Å². The fraction of sp³-hybridized carbons (Fsp3) is 0.647. The second kappa shape index (κ2) is 5.88. The van der Waals surface area contributed by atoms with Crippen molar-refractivity contribution >= 4 is 5.91 Å². The second-order valence-electron chi connectivity index (χ2n) is 7.04. The van der Waals surface area contributed by atoms with Crippen LogP contribution in [0.3, 0.4) is 0 Å². The molecule has 1 aliphatic heterocycles. The van der Waals surface area contributed by atoms with Gasteiger partial charge in [-0.3, -0.25) is 14.5 Å². The molecule has 0 unspecified atom stereocenters. The molecule has 0 radical (unpaired) electrons. The summed E-state index contributed by atoms with van der Waals surface area (Å²) < 4.78 is 0. The van der Waals surface area contributed by atoms with E-state index in [2.05, 4.69) is 36.0 Å². The first-order valence-electron chi connectivity index (χ1n) is 8.24. The summed E-state index contributed by atoms with van der Waals surface area (Å²) in [6.07, 6.45) is 2.17. The summed E-state index contributed by atoms with van der Waals surface area (Å²) in [7, 11) is 0. The number of nitrogens with zero attached hydrogens (tertiary/aromatic N) is 1. The summed E-state index contributed by atoms with van der Waals surface area (Å²) in [6.45, 7) is 8.37. The van der Waals surface area contributed by atoms with Gasteiger partial charge in [0.15, 0.2) is 0 Å². The number of rotatable bonds is 4. The maximum atomic E-state index is 12.4. The van der Waals surface area contributed by atoms with Gasteiger partial charge in [-0.25, -0.2) is 0 Å². The van der Waals surface area contributed by atoms with Gasteiger partial charge in [0.25, 0.3) is 11.5 Å². The van der Waals surface area contributed by atoms with Crippen molar-refractivity contribution in [2.75, 3.05) is 13.1 Å². The number of amides is 1. The quantitative estimate of drug-likeness (QED) is 0.890. The van der Waals surface area contributed by atoms with E-state index < -0.39 is 0 Å². The molecule has 1 aliphatic carbocycles. The Morgan fingerprint density at radius 1 is 1.32 bits per heavy atom. The minimum Gasteiger partial charge on any atom is -0.346 e. The van der Waals surface area contributed by atoms with Gasteiger partial charge in [-0.2, -0.15) is 0 Å². The third kappa shape index (κ3) is 3.09. The highest BCUT2D eigenvalue weighted by Gasteiger charge is 2.32. The van der Waals surface area contributed by atoms with Gasteiger partial charge < -0.3 is 10.3 Å². The average molecular weight is 303 g/mol. The molecule has 22 heavy (non-hydrogen) atoms. The number of H-pyrrole nitrogens is 1. The number of nitrogens with one attached hydrogen (secondary N) is 2. The molecule has 1 amide bonds. The zero-order chi connectivity index (χ0) is 15.9. The summed E-state index contributed by atoms with van der Waals surface area (Å²) in [5.41, 5.74) is 1.07. The van der Waals surface area contributed by atoms with Gasteiger partial charge in [0.1, 0.15) is 5.69 Å². The molecule has 3 rings (SSSR count). The van der Waals surface area contributed by atoms with Crippen LogP contribution in [0.4, 0.5) is 0 Å². The number of likely N-dealkylation sites (tertiary alicyclic amines) is 1. The van der Waals surface area contributed by atoms with Crippen LogP contribution in [0.2, 0.25) is 0 Å². The van der Waals surface area contributed by atoms with E-state index in [1.807, 2.05) is 6.07 Å². The van der Waals surface area contributed by atoms with E-state index in [4.69, 9.17) is 0 Å². The predicted molar refractivity (Wildman–Crippen MR) is 86.2 cm³/mol. The fourth-order valence-electron chi connectivity index (χ4n) is 3.19. The molecule has 5 nitrogen and oxygen atoms in total. The van der Waals surface area contributed by atoms with Crippen LogP contribution in [0, 0.1) is 5.92 Å². The molecule has 2 N–H and O–H groups in total. The summed E-state index contributed by atoms with van der Waals surface area (Å²) in [5.74, 6) is 0.640. The molecule has 2 fully saturated rings. The zero-order valence-electron chi connectivity index (χ0n) is 13.6. The molecule has 2 atom stereocenters. The number of aromatic amines is 1. The topological polar surface area (TPSA) is 65.2 Å². The van der Waals surface area contributed by atoms with Gasteiger partial charge in [0, 0.05) is 30.7 Å². The van der Waals surface area contributed by atoms with E-state index in [1.54, 1.807) is 6.07 Å². The Balaban J connectivity index is 1.67. The van der Waals surface area contributed by atoms with Crippen molar-refractivity contribution in [3.63, 3.8) is 0 Å². The first-order chi connectivity index (χ1) is 10.5. The molecular formula is C17H25N3O2. The van der Waals surface area contributed by atoms with Crippen LogP contribution >= 0.6 is 0 Å². The molecule has 5 heteroatoms. The van der Waals surface area contributed by atoms with E-state index in [0.29, 0.717) is 23.6 Å². The number of hydrogen-bond donors (Lipinski definition) is 2. The monoisotopic (exact) mass is 303 g/mol. The smallest absolute Gasteiger partial charge is 0.268 e. The van der Waals surface area contributed by atoms with Crippen molar-refractivity contribution in [2.24, 2.45) is 5.92 Å². The molecule has 120 valence electrons. The first kappa shape index (κ1) is 15.3. The van der Waals surface area contributed by atoms with Gasteiger partial charge in [-0.1, -0.05) is 13.0 Å². The predicted octanol–water partition coefficient (Wildman–Crippen LogP) is 1.71. The van der Waals surface area contributed by atoms with E-state index >= 15 is 0 Å². The Morgan fingerprint density at radius 2 is 2.05 bits per heavy atom. The molecular weight excluding hydrogens is 278 g/mol. The van der Waals surface area contributed by atoms with Crippen LogP contribution in [0.1, 0.15) is 55.6 Å². The number of carbonyl (C=O) groups excluding carboxylic acids is 1. The lowest BCUT2D eigenvalue weighted by Gasteiger charge is -2.20. The largest absolute Gasteiger partial charge is 0.346 e. The summed E-state index contributed by atoms with van der Waals surface area (Å²) in [5, 5.41) is 3.07. The Labute approximate surface area is 131 Å². The average Bonchev–Trinajstić information content (AvgIpc) is 3.23. The van der Waals surface area contributed by atoms with Gasteiger partial charge in [0.2, 0.25) is 0 Å². The molecule has 0 aromatic carbocycles. The SMILES string of the molecule is CC(C)N1C[C@@H](C)[C@H](NC(=O)c2ccc(C3CC3)c(=O)[nH]2)C1. The van der Waals surface area contributed by atoms with Gasteiger partial charge in [0.05, 0.1) is 0 Å². The van der Waals surface area contributed by atoms with E-state index in [1.165, 1.54) is 0 Å². The zero-order valence-corrected chi connectivity index (χ0v) is 13.6. The summed E-state index contributed by atoms with van der Waals surface area (Å²) in [4.78, 5) is 29.5. The molecule has 1 saturated carbocycles. The highest BCUT2D eigenvalue weighted by atomic mass is 16.2.